The predicted molar refractivity (Wildman–Crippen MR) is 143 cm³/mol. The van der Waals surface area contributed by atoms with Crippen LogP contribution in [0.5, 0.6) is 5.75 Å². The molecule has 206 valence electrons. The van der Waals surface area contributed by atoms with Crippen LogP contribution in [0.2, 0.25) is 5.02 Å². The minimum absolute atomic E-state index is 0.0178. The summed E-state index contributed by atoms with van der Waals surface area (Å²) in [6.07, 6.45) is 0.571. The number of hydrogen-bond acceptors (Lipinski definition) is 7. The molecule has 0 radical (unpaired) electrons. The van der Waals surface area contributed by atoms with E-state index in [4.69, 9.17) is 21.1 Å². The summed E-state index contributed by atoms with van der Waals surface area (Å²) >= 11 is 6.06. The van der Waals surface area contributed by atoms with Crippen molar-refractivity contribution < 1.29 is 29.0 Å². The Morgan fingerprint density at radius 1 is 1.21 bits per heavy atom. The normalized spacial score (nSPS) is 17.0. The topological polar surface area (TPSA) is 121 Å². The van der Waals surface area contributed by atoms with Gasteiger partial charge in [0, 0.05) is 45.5 Å². The van der Waals surface area contributed by atoms with Gasteiger partial charge in [-0.1, -0.05) is 11.6 Å². The summed E-state index contributed by atoms with van der Waals surface area (Å²) in [7, 11) is 1.47. The molecule has 1 aliphatic rings. The quantitative estimate of drug-likeness (QED) is 0.531. The van der Waals surface area contributed by atoms with E-state index < -0.39 is 23.6 Å². The number of aromatic carboxylic acids is 1. The number of nitrogens with one attached hydrogen (secondary N) is 1. The number of piperazine rings is 1. The van der Waals surface area contributed by atoms with Gasteiger partial charge in [-0.25, -0.2) is 9.59 Å². The van der Waals surface area contributed by atoms with Crippen LogP contribution in [-0.2, 0) is 4.74 Å². The Kier molecular flexibility index (Phi) is 9.22. The van der Waals surface area contributed by atoms with E-state index in [1.165, 1.54) is 19.3 Å². The number of hydrogen-bond donors (Lipinski definition) is 2. The SMILES string of the molecule is CNC(=O)c1cc(C(=O)O)c(C)cc1OC(CN1CCN(C(=O)OC(C)(C)C)[C@H](C)C1)c1ccc(Cl)cn1. The molecule has 1 aromatic heterocycles. The number of benzene rings is 1. The maximum Gasteiger partial charge on any atom is 0.410 e. The van der Waals surface area contributed by atoms with Crippen molar-refractivity contribution in [2.75, 3.05) is 33.2 Å². The number of ether oxygens (including phenoxy) is 2. The lowest BCUT2D eigenvalue weighted by Gasteiger charge is -2.41. The largest absolute Gasteiger partial charge is 0.482 e. The number of amides is 2. The molecule has 38 heavy (non-hydrogen) atoms. The second-order valence-electron chi connectivity index (χ2n) is 10.3. The molecule has 11 heteroatoms. The molecule has 1 fully saturated rings. The average Bonchev–Trinajstić information content (AvgIpc) is 2.82. The maximum atomic E-state index is 12.6. The number of carbonyl (C=O) groups is 3. The summed E-state index contributed by atoms with van der Waals surface area (Å²) in [4.78, 5) is 45.3. The van der Waals surface area contributed by atoms with Crippen LogP contribution < -0.4 is 10.1 Å². The first kappa shape index (κ1) is 29.2. The first-order valence-electron chi connectivity index (χ1n) is 12.4. The molecule has 2 amide bonds. The Morgan fingerprint density at radius 3 is 2.47 bits per heavy atom. The van der Waals surface area contributed by atoms with E-state index in [0.29, 0.717) is 42.5 Å². The maximum absolute atomic E-state index is 12.6. The fourth-order valence-corrected chi connectivity index (χ4v) is 4.38. The molecule has 3 rings (SSSR count). The molecule has 1 saturated heterocycles. The third-order valence-corrected chi connectivity index (χ3v) is 6.37. The third kappa shape index (κ3) is 7.35. The van der Waals surface area contributed by atoms with Crippen molar-refractivity contribution >= 4 is 29.6 Å². The summed E-state index contributed by atoms with van der Waals surface area (Å²) < 4.78 is 11.9. The number of aromatic nitrogens is 1. The Bertz CT molecular complexity index is 1180. The number of rotatable bonds is 7. The van der Waals surface area contributed by atoms with Crippen LogP contribution in [0.3, 0.4) is 0 Å². The molecule has 0 saturated carbocycles. The zero-order valence-electron chi connectivity index (χ0n) is 22.6. The van der Waals surface area contributed by atoms with Gasteiger partial charge in [-0.15, -0.1) is 0 Å². The van der Waals surface area contributed by atoms with Crippen LogP contribution in [0.15, 0.2) is 30.5 Å². The van der Waals surface area contributed by atoms with Crippen molar-refractivity contribution in [1.82, 2.24) is 20.1 Å². The van der Waals surface area contributed by atoms with E-state index in [0.717, 1.165) is 0 Å². The highest BCUT2D eigenvalue weighted by Crippen LogP contribution is 2.30. The van der Waals surface area contributed by atoms with Gasteiger partial charge < -0.3 is 24.8 Å². The number of halogens is 1. The fourth-order valence-electron chi connectivity index (χ4n) is 4.27. The third-order valence-electron chi connectivity index (χ3n) is 6.14. The standard InChI is InChI=1S/C27H35ClN4O6/c1-16-11-22(20(24(33)29-6)12-19(16)25(34)35)37-23(21-8-7-18(28)13-30-21)15-31-9-10-32(17(2)14-31)26(36)38-27(3,4)5/h7-8,11-13,17,23H,9-10,14-15H2,1-6H3,(H,29,33)(H,34,35)/t17-,23?/m1/s1. The highest BCUT2D eigenvalue weighted by Gasteiger charge is 2.33. The molecule has 1 aliphatic heterocycles. The van der Waals surface area contributed by atoms with Gasteiger partial charge in [-0.2, -0.15) is 0 Å². The summed E-state index contributed by atoms with van der Waals surface area (Å²) in [5.74, 6) is -1.36. The van der Waals surface area contributed by atoms with Gasteiger partial charge in [-0.05, 0) is 64.4 Å². The van der Waals surface area contributed by atoms with E-state index in [2.05, 4.69) is 15.2 Å². The van der Waals surface area contributed by atoms with Gasteiger partial charge in [0.2, 0.25) is 0 Å². The summed E-state index contributed by atoms with van der Waals surface area (Å²) in [6.45, 7) is 11.2. The first-order chi connectivity index (χ1) is 17.8. The number of carbonyl (C=O) groups excluding carboxylic acids is 2. The van der Waals surface area contributed by atoms with Crippen LogP contribution >= 0.6 is 11.6 Å². The number of carboxylic acid groups (broad SMARTS) is 1. The molecule has 2 heterocycles. The van der Waals surface area contributed by atoms with Crippen LogP contribution in [0, 0.1) is 6.92 Å². The molecule has 2 atom stereocenters. The van der Waals surface area contributed by atoms with E-state index in [-0.39, 0.29) is 29.0 Å². The number of aryl methyl sites for hydroxylation is 1. The van der Waals surface area contributed by atoms with E-state index in [9.17, 15) is 19.5 Å². The molecule has 1 aromatic carbocycles. The van der Waals surface area contributed by atoms with E-state index in [1.807, 2.05) is 27.7 Å². The first-order valence-corrected chi connectivity index (χ1v) is 12.8. The highest BCUT2D eigenvalue weighted by atomic mass is 35.5. The second kappa shape index (κ2) is 12.0. The van der Waals surface area contributed by atoms with Crippen molar-refractivity contribution in [3.63, 3.8) is 0 Å². The average molecular weight is 547 g/mol. The van der Waals surface area contributed by atoms with Gasteiger partial charge in [-0.3, -0.25) is 14.7 Å². The zero-order valence-corrected chi connectivity index (χ0v) is 23.3. The molecule has 0 aliphatic carbocycles. The summed E-state index contributed by atoms with van der Waals surface area (Å²) in [5, 5.41) is 12.6. The molecule has 0 spiro atoms. The number of pyridine rings is 1. The van der Waals surface area contributed by atoms with Crippen molar-refractivity contribution in [3.05, 3.63) is 57.9 Å². The van der Waals surface area contributed by atoms with Gasteiger partial charge in [0.1, 0.15) is 11.4 Å². The lowest BCUT2D eigenvalue weighted by molar-refractivity contribution is -0.00317. The molecule has 2 aromatic rings. The van der Waals surface area contributed by atoms with Crippen LogP contribution in [0.4, 0.5) is 4.79 Å². The number of carboxylic acids is 1. The molecular formula is C27H35ClN4O6. The van der Waals surface area contributed by atoms with E-state index in [1.54, 1.807) is 30.0 Å². The Labute approximate surface area is 227 Å². The van der Waals surface area contributed by atoms with Gasteiger partial charge in [0.25, 0.3) is 5.91 Å². The van der Waals surface area contributed by atoms with Crippen molar-refractivity contribution in [1.29, 1.82) is 0 Å². The Hall–Kier alpha value is -3.37. The highest BCUT2D eigenvalue weighted by molar-refractivity contribution is 6.30. The smallest absolute Gasteiger partial charge is 0.410 e. The van der Waals surface area contributed by atoms with E-state index >= 15 is 0 Å². The number of nitrogens with zero attached hydrogens (tertiary/aromatic N) is 3. The van der Waals surface area contributed by atoms with Crippen molar-refractivity contribution in [3.8, 4) is 5.75 Å². The molecule has 0 bridgehead atoms. The molecular weight excluding hydrogens is 512 g/mol. The predicted octanol–water partition coefficient (Wildman–Crippen LogP) is 4.16. The molecule has 1 unspecified atom stereocenters. The molecule has 10 nitrogen and oxygen atoms in total. The van der Waals surface area contributed by atoms with Crippen molar-refractivity contribution in [2.24, 2.45) is 0 Å². The van der Waals surface area contributed by atoms with Gasteiger partial charge >= 0.3 is 12.1 Å². The zero-order chi connectivity index (χ0) is 28.2. The minimum atomic E-state index is -1.13. The van der Waals surface area contributed by atoms with Crippen LogP contribution in [0.25, 0.3) is 0 Å². The van der Waals surface area contributed by atoms with Crippen LogP contribution in [0.1, 0.15) is 65.8 Å². The lowest BCUT2D eigenvalue weighted by Crippen LogP contribution is -2.55. The Balaban J connectivity index is 1.88. The summed E-state index contributed by atoms with van der Waals surface area (Å²) in [5.41, 5.74) is 0.605. The van der Waals surface area contributed by atoms with Crippen molar-refractivity contribution in [2.45, 2.75) is 52.4 Å². The van der Waals surface area contributed by atoms with Gasteiger partial charge in [0.15, 0.2) is 6.10 Å². The fraction of sp³-hybridized carbons (Fsp3) is 0.481. The van der Waals surface area contributed by atoms with Gasteiger partial charge in [0.05, 0.1) is 21.8 Å². The second-order valence-corrected chi connectivity index (χ2v) is 10.8. The Morgan fingerprint density at radius 2 is 1.92 bits per heavy atom. The molecule has 2 N–H and O–H groups in total. The van der Waals surface area contributed by atoms with Crippen LogP contribution in [-0.4, -0.2) is 82.7 Å². The monoisotopic (exact) mass is 546 g/mol. The minimum Gasteiger partial charge on any atom is -0.482 e. The summed E-state index contributed by atoms with van der Waals surface area (Å²) in [6, 6.07) is 6.24. The lowest BCUT2D eigenvalue weighted by atomic mass is 10.0.